The number of fused-ring (bicyclic) bond motifs is 6. The Morgan fingerprint density at radius 2 is 0.717 bits per heavy atom. The molecule has 8 aromatic carbocycles. The molecule has 1 heterocycles. The van der Waals surface area contributed by atoms with Crippen LogP contribution in [0.2, 0.25) is 0 Å². The topological polar surface area (TPSA) is 38.7 Å². The molecule has 0 atom stereocenters. The van der Waals surface area contributed by atoms with Gasteiger partial charge in [-0.2, -0.15) is 0 Å². The van der Waals surface area contributed by atoms with E-state index in [2.05, 4.69) is 133 Å². The number of hydrogen-bond donors (Lipinski definition) is 0. The minimum atomic E-state index is 0.650. The number of benzene rings is 8. The average molecular weight is 586 g/mol. The van der Waals surface area contributed by atoms with Gasteiger partial charge in [-0.15, -0.1) is 0 Å². The van der Waals surface area contributed by atoms with E-state index in [1.54, 1.807) is 0 Å². The first-order valence-corrected chi connectivity index (χ1v) is 15.5. The minimum absolute atomic E-state index is 0.650. The van der Waals surface area contributed by atoms with Crippen LogP contribution in [-0.4, -0.2) is 15.0 Å². The van der Waals surface area contributed by atoms with Crippen LogP contribution in [0.15, 0.2) is 164 Å². The quantitative estimate of drug-likeness (QED) is 0.193. The molecule has 0 spiro atoms. The largest absolute Gasteiger partial charge is 0.208 e. The van der Waals surface area contributed by atoms with E-state index in [1.807, 2.05) is 30.3 Å². The van der Waals surface area contributed by atoms with E-state index >= 15 is 0 Å². The molecule has 9 aromatic rings. The number of aromatic nitrogens is 3. The molecule has 3 nitrogen and oxygen atoms in total. The van der Waals surface area contributed by atoms with Crippen molar-refractivity contribution in [1.82, 2.24) is 15.0 Å². The Hall–Kier alpha value is -6.19. The highest BCUT2D eigenvalue weighted by Crippen LogP contribution is 2.35. The summed E-state index contributed by atoms with van der Waals surface area (Å²) < 4.78 is 0. The van der Waals surface area contributed by atoms with Crippen LogP contribution in [0.3, 0.4) is 0 Å². The summed E-state index contributed by atoms with van der Waals surface area (Å²) >= 11 is 0. The smallest absolute Gasteiger partial charge is 0.164 e. The molecule has 46 heavy (non-hydrogen) atoms. The van der Waals surface area contributed by atoms with Crippen molar-refractivity contribution in [2.75, 3.05) is 0 Å². The van der Waals surface area contributed by atoms with Gasteiger partial charge in [-0.3, -0.25) is 0 Å². The molecule has 0 N–H and O–H groups in total. The summed E-state index contributed by atoms with van der Waals surface area (Å²) in [6.07, 6.45) is 0. The van der Waals surface area contributed by atoms with E-state index in [0.717, 1.165) is 33.2 Å². The fourth-order valence-electron chi connectivity index (χ4n) is 6.53. The van der Waals surface area contributed by atoms with Crippen LogP contribution in [0.5, 0.6) is 0 Å². The summed E-state index contributed by atoms with van der Waals surface area (Å²) in [6.45, 7) is 0. The molecule has 0 aliphatic carbocycles. The normalized spacial score (nSPS) is 11.5. The highest BCUT2D eigenvalue weighted by atomic mass is 15.0. The summed E-state index contributed by atoms with van der Waals surface area (Å²) in [6, 6.07) is 57.7. The lowest BCUT2D eigenvalue weighted by Crippen LogP contribution is -2.00. The third kappa shape index (κ3) is 4.58. The van der Waals surface area contributed by atoms with Crippen LogP contribution in [0.1, 0.15) is 0 Å². The van der Waals surface area contributed by atoms with Crippen molar-refractivity contribution in [1.29, 1.82) is 0 Å². The molecule has 0 fully saturated rings. The minimum Gasteiger partial charge on any atom is -0.208 e. The number of rotatable bonds is 4. The van der Waals surface area contributed by atoms with Gasteiger partial charge < -0.3 is 0 Å². The maximum absolute atomic E-state index is 5.03. The van der Waals surface area contributed by atoms with Gasteiger partial charge in [0.25, 0.3) is 0 Å². The van der Waals surface area contributed by atoms with Crippen molar-refractivity contribution >= 4 is 43.1 Å². The van der Waals surface area contributed by atoms with Gasteiger partial charge in [-0.05, 0) is 72.4 Å². The molecule has 0 radical (unpaired) electrons. The van der Waals surface area contributed by atoms with E-state index in [1.165, 1.54) is 37.7 Å². The molecule has 0 aliphatic rings. The van der Waals surface area contributed by atoms with Gasteiger partial charge in [0.1, 0.15) is 0 Å². The first kappa shape index (κ1) is 26.2. The zero-order chi connectivity index (χ0) is 30.5. The van der Waals surface area contributed by atoms with Gasteiger partial charge >= 0.3 is 0 Å². The summed E-state index contributed by atoms with van der Waals surface area (Å²) in [7, 11) is 0. The fourth-order valence-corrected chi connectivity index (χ4v) is 6.53. The Bertz CT molecular complexity index is 2590. The average Bonchev–Trinajstić information content (AvgIpc) is 3.14. The van der Waals surface area contributed by atoms with Gasteiger partial charge in [0.05, 0.1) is 0 Å². The van der Waals surface area contributed by atoms with E-state index < -0.39 is 0 Å². The SMILES string of the molecule is c1ccc(-c2nc(-c3cccc(-c4ccc5c(ccc6c7ccccc7ccc56)c4)c3)nc(-c3ccc4ccccc4c3)n2)cc1. The van der Waals surface area contributed by atoms with Crippen molar-refractivity contribution in [3.8, 4) is 45.3 Å². The molecule has 0 unspecified atom stereocenters. The molecule has 0 amide bonds. The lowest BCUT2D eigenvalue weighted by atomic mass is 9.94. The van der Waals surface area contributed by atoms with Crippen LogP contribution < -0.4 is 0 Å². The summed E-state index contributed by atoms with van der Waals surface area (Å²) in [5, 5.41) is 9.93. The van der Waals surface area contributed by atoms with E-state index in [0.29, 0.717) is 17.5 Å². The second-order valence-corrected chi connectivity index (χ2v) is 11.7. The zero-order valence-electron chi connectivity index (χ0n) is 24.9. The Morgan fingerprint density at radius 3 is 1.52 bits per heavy atom. The van der Waals surface area contributed by atoms with E-state index in [9.17, 15) is 0 Å². The second-order valence-electron chi connectivity index (χ2n) is 11.7. The van der Waals surface area contributed by atoms with E-state index in [-0.39, 0.29) is 0 Å². The number of nitrogens with zero attached hydrogens (tertiary/aromatic N) is 3. The van der Waals surface area contributed by atoms with Gasteiger partial charge in [-0.1, -0.05) is 146 Å². The lowest BCUT2D eigenvalue weighted by Gasteiger charge is -2.11. The molecule has 214 valence electrons. The molecule has 0 aliphatic heterocycles. The van der Waals surface area contributed by atoms with E-state index in [4.69, 9.17) is 15.0 Å². The van der Waals surface area contributed by atoms with Crippen LogP contribution in [0, 0.1) is 0 Å². The highest BCUT2D eigenvalue weighted by molar-refractivity contribution is 6.17. The number of hydrogen-bond acceptors (Lipinski definition) is 3. The Labute approximate surface area is 266 Å². The Kier molecular flexibility index (Phi) is 6.14. The molecule has 0 saturated carbocycles. The third-order valence-electron chi connectivity index (χ3n) is 8.87. The third-order valence-corrected chi connectivity index (χ3v) is 8.87. The molecule has 0 bridgehead atoms. The van der Waals surface area contributed by atoms with Gasteiger partial charge in [-0.25, -0.2) is 15.0 Å². The monoisotopic (exact) mass is 585 g/mol. The first-order chi connectivity index (χ1) is 22.8. The first-order valence-electron chi connectivity index (χ1n) is 15.5. The van der Waals surface area contributed by atoms with Crippen LogP contribution >= 0.6 is 0 Å². The maximum atomic E-state index is 5.03. The van der Waals surface area contributed by atoms with Crippen LogP contribution in [0.25, 0.3) is 88.4 Å². The molecule has 3 heteroatoms. The second kappa shape index (κ2) is 10.8. The molecule has 9 rings (SSSR count). The van der Waals surface area contributed by atoms with Crippen molar-refractivity contribution in [2.24, 2.45) is 0 Å². The van der Waals surface area contributed by atoms with Gasteiger partial charge in [0.2, 0.25) is 0 Å². The molecular formula is C43H27N3. The maximum Gasteiger partial charge on any atom is 0.164 e. The Balaban J connectivity index is 1.16. The van der Waals surface area contributed by atoms with Crippen molar-refractivity contribution in [2.45, 2.75) is 0 Å². The van der Waals surface area contributed by atoms with Gasteiger partial charge in [0, 0.05) is 16.7 Å². The molecule has 0 saturated heterocycles. The van der Waals surface area contributed by atoms with Crippen LogP contribution in [0.4, 0.5) is 0 Å². The van der Waals surface area contributed by atoms with Gasteiger partial charge in [0.15, 0.2) is 17.5 Å². The summed E-state index contributed by atoms with van der Waals surface area (Å²) in [4.78, 5) is 15.0. The predicted octanol–water partition coefficient (Wildman–Crippen LogP) is 11.2. The van der Waals surface area contributed by atoms with Crippen LogP contribution in [-0.2, 0) is 0 Å². The fraction of sp³-hybridized carbons (Fsp3) is 0. The van der Waals surface area contributed by atoms with Crippen molar-refractivity contribution in [3.63, 3.8) is 0 Å². The predicted molar refractivity (Wildman–Crippen MR) is 192 cm³/mol. The van der Waals surface area contributed by atoms with Crippen molar-refractivity contribution < 1.29 is 0 Å². The summed E-state index contributed by atoms with van der Waals surface area (Å²) in [5.74, 6) is 1.96. The Morgan fingerprint density at radius 1 is 0.239 bits per heavy atom. The lowest BCUT2D eigenvalue weighted by molar-refractivity contribution is 1.07. The molecule has 1 aromatic heterocycles. The van der Waals surface area contributed by atoms with Crippen molar-refractivity contribution in [3.05, 3.63) is 164 Å². The standard InChI is InChI=1S/C43H27N3/c1-2-11-30(12-3-1)41-44-42(46-43(45-41)36-18-17-28-9-4-5-13-31(28)26-36)35-15-8-14-32(27-35)33-20-22-38-34(25-33)21-24-39-37-16-7-6-10-29(37)19-23-40(38)39/h1-27H. The zero-order valence-corrected chi connectivity index (χ0v) is 24.9. The molecular weight excluding hydrogens is 558 g/mol. The summed E-state index contributed by atoms with van der Waals surface area (Å²) in [5.41, 5.74) is 5.14. The highest BCUT2D eigenvalue weighted by Gasteiger charge is 2.14.